The molecule has 0 amide bonds. The van der Waals surface area contributed by atoms with Crippen LogP contribution in [0, 0.1) is 5.92 Å². The van der Waals surface area contributed by atoms with Crippen molar-refractivity contribution in [2.75, 3.05) is 6.61 Å². The Labute approximate surface area is 117 Å². The molecule has 0 fully saturated rings. The number of rotatable bonds is 6. The molecule has 0 bridgehead atoms. The third-order valence-electron chi connectivity index (χ3n) is 3.55. The summed E-state index contributed by atoms with van der Waals surface area (Å²) in [6, 6.07) is 0. The van der Waals surface area contributed by atoms with Gasteiger partial charge in [0.15, 0.2) is 0 Å². The highest BCUT2D eigenvalue weighted by molar-refractivity contribution is 5.71. The molecule has 0 aliphatic heterocycles. The standard InChI is InChI=1S/C14H20N2O4/c1-3-11(19-4-2)12-15-13(20-16-12)9-7-5-6-8-10(9)14(17)18/h5-6,9-11H,3-4,7-8H2,1-2H3,(H,17,18). The maximum atomic E-state index is 11.3. The van der Waals surface area contributed by atoms with Crippen LogP contribution in [0.3, 0.4) is 0 Å². The third-order valence-corrected chi connectivity index (χ3v) is 3.55. The lowest BCUT2D eigenvalue weighted by Crippen LogP contribution is -2.23. The average molecular weight is 280 g/mol. The molecule has 1 aromatic heterocycles. The quantitative estimate of drug-likeness (QED) is 0.806. The van der Waals surface area contributed by atoms with E-state index in [1.165, 1.54) is 0 Å². The molecule has 1 heterocycles. The summed E-state index contributed by atoms with van der Waals surface area (Å²) in [7, 11) is 0. The van der Waals surface area contributed by atoms with Crippen molar-refractivity contribution in [3.63, 3.8) is 0 Å². The molecule has 0 saturated carbocycles. The Hall–Kier alpha value is -1.69. The lowest BCUT2D eigenvalue weighted by molar-refractivity contribution is -0.142. The van der Waals surface area contributed by atoms with E-state index in [1.54, 1.807) is 0 Å². The molecule has 1 N–H and O–H groups in total. The molecule has 20 heavy (non-hydrogen) atoms. The fourth-order valence-corrected chi connectivity index (χ4v) is 2.46. The zero-order chi connectivity index (χ0) is 14.5. The Morgan fingerprint density at radius 2 is 2.25 bits per heavy atom. The van der Waals surface area contributed by atoms with Gasteiger partial charge in [0.25, 0.3) is 0 Å². The van der Waals surface area contributed by atoms with E-state index >= 15 is 0 Å². The molecule has 0 aromatic carbocycles. The highest BCUT2D eigenvalue weighted by Gasteiger charge is 2.34. The molecule has 1 aliphatic carbocycles. The third kappa shape index (κ3) is 3.07. The number of ether oxygens (including phenoxy) is 1. The SMILES string of the molecule is CCOC(CC)c1noc(C2CC=CCC2C(=O)O)n1. The largest absolute Gasteiger partial charge is 0.481 e. The topological polar surface area (TPSA) is 85.5 Å². The fraction of sp³-hybridized carbons (Fsp3) is 0.643. The van der Waals surface area contributed by atoms with Gasteiger partial charge < -0.3 is 14.4 Å². The predicted octanol–water partition coefficient (Wildman–Crippen LogP) is 2.69. The fourth-order valence-electron chi connectivity index (χ4n) is 2.46. The molecule has 0 radical (unpaired) electrons. The summed E-state index contributed by atoms with van der Waals surface area (Å²) in [6.07, 6.45) is 5.53. The van der Waals surface area contributed by atoms with Gasteiger partial charge in [-0.3, -0.25) is 4.79 Å². The second-order valence-electron chi connectivity index (χ2n) is 4.84. The second-order valence-corrected chi connectivity index (χ2v) is 4.84. The molecule has 0 spiro atoms. The lowest BCUT2D eigenvalue weighted by atomic mass is 9.83. The van der Waals surface area contributed by atoms with Crippen LogP contribution in [-0.2, 0) is 9.53 Å². The summed E-state index contributed by atoms with van der Waals surface area (Å²) >= 11 is 0. The molecule has 1 aliphatic rings. The van der Waals surface area contributed by atoms with Crippen molar-refractivity contribution in [3.05, 3.63) is 23.9 Å². The number of carboxylic acid groups (broad SMARTS) is 1. The highest BCUT2D eigenvalue weighted by Crippen LogP contribution is 2.34. The highest BCUT2D eigenvalue weighted by atomic mass is 16.5. The van der Waals surface area contributed by atoms with Crippen molar-refractivity contribution < 1.29 is 19.2 Å². The van der Waals surface area contributed by atoms with Gasteiger partial charge in [0.05, 0.1) is 11.8 Å². The number of aliphatic carboxylic acids is 1. The number of carbonyl (C=O) groups is 1. The van der Waals surface area contributed by atoms with Gasteiger partial charge in [-0.15, -0.1) is 0 Å². The van der Waals surface area contributed by atoms with Gasteiger partial charge in [-0.1, -0.05) is 24.2 Å². The zero-order valence-electron chi connectivity index (χ0n) is 11.8. The van der Waals surface area contributed by atoms with Gasteiger partial charge in [-0.25, -0.2) is 0 Å². The normalized spacial score (nSPS) is 23.7. The maximum absolute atomic E-state index is 11.3. The van der Waals surface area contributed by atoms with Crippen molar-refractivity contribution in [1.82, 2.24) is 10.1 Å². The van der Waals surface area contributed by atoms with Crippen LogP contribution in [0.4, 0.5) is 0 Å². The zero-order valence-corrected chi connectivity index (χ0v) is 11.8. The predicted molar refractivity (Wildman–Crippen MR) is 71.2 cm³/mol. The minimum atomic E-state index is -0.823. The monoisotopic (exact) mass is 280 g/mol. The minimum Gasteiger partial charge on any atom is -0.481 e. The van der Waals surface area contributed by atoms with E-state index in [4.69, 9.17) is 9.26 Å². The van der Waals surface area contributed by atoms with Crippen molar-refractivity contribution >= 4 is 5.97 Å². The van der Waals surface area contributed by atoms with E-state index in [0.29, 0.717) is 31.2 Å². The van der Waals surface area contributed by atoms with E-state index in [9.17, 15) is 9.90 Å². The molecule has 0 saturated heterocycles. The molecule has 3 unspecified atom stereocenters. The van der Waals surface area contributed by atoms with E-state index in [0.717, 1.165) is 6.42 Å². The van der Waals surface area contributed by atoms with Gasteiger partial charge >= 0.3 is 5.97 Å². The second kappa shape index (κ2) is 6.65. The van der Waals surface area contributed by atoms with E-state index < -0.39 is 11.9 Å². The molecular weight excluding hydrogens is 260 g/mol. The van der Waals surface area contributed by atoms with Crippen LogP contribution in [-0.4, -0.2) is 27.8 Å². The van der Waals surface area contributed by atoms with Crippen LogP contribution >= 0.6 is 0 Å². The van der Waals surface area contributed by atoms with Crippen LogP contribution in [0.2, 0.25) is 0 Å². The first-order chi connectivity index (χ1) is 9.67. The van der Waals surface area contributed by atoms with Crippen LogP contribution in [0.15, 0.2) is 16.7 Å². The van der Waals surface area contributed by atoms with Crippen molar-refractivity contribution in [2.24, 2.45) is 5.92 Å². The summed E-state index contributed by atoms with van der Waals surface area (Å²) in [5, 5.41) is 13.2. The summed E-state index contributed by atoms with van der Waals surface area (Å²) in [5.74, 6) is -0.674. The van der Waals surface area contributed by atoms with Crippen LogP contribution in [0.1, 0.15) is 56.8 Å². The van der Waals surface area contributed by atoms with Gasteiger partial charge in [0.1, 0.15) is 6.10 Å². The molecule has 3 atom stereocenters. The Morgan fingerprint density at radius 3 is 2.90 bits per heavy atom. The number of nitrogens with zero attached hydrogens (tertiary/aromatic N) is 2. The first-order valence-electron chi connectivity index (χ1n) is 7.00. The summed E-state index contributed by atoms with van der Waals surface area (Å²) in [5.41, 5.74) is 0. The molecule has 2 rings (SSSR count). The summed E-state index contributed by atoms with van der Waals surface area (Å²) in [4.78, 5) is 15.6. The number of aromatic nitrogens is 2. The minimum absolute atomic E-state index is 0.195. The Morgan fingerprint density at radius 1 is 1.50 bits per heavy atom. The van der Waals surface area contributed by atoms with Crippen molar-refractivity contribution in [3.8, 4) is 0 Å². The molecule has 6 heteroatoms. The van der Waals surface area contributed by atoms with E-state index in [-0.39, 0.29) is 12.0 Å². The molecule has 1 aromatic rings. The van der Waals surface area contributed by atoms with Gasteiger partial charge in [-0.2, -0.15) is 4.98 Å². The lowest BCUT2D eigenvalue weighted by Gasteiger charge is -2.21. The van der Waals surface area contributed by atoms with Gasteiger partial charge in [-0.05, 0) is 26.2 Å². The van der Waals surface area contributed by atoms with Gasteiger partial charge in [0, 0.05) is 6.61 Å². The average Bonchev–Trinajstić information content (AvgIpc) is 2.94. The summed E-state index contributed by atoms with van der Waals surface area (Å²) in [6.45, 7) is 4.47. The van der Waals surface area contributed by atoms with Gasteiger partial charge in [0.2, 0.25) is 11.7 Å². The van der Waals surface area contributed by atoms with Crippen molar-refractivity contribution in [2.45, 2.75) is 45.1 Å². The number of hydrogen-bond acceptors (Lipinski definition) is 5. The van der Waals surface area contributed by atoms with E-state index in [1.807, 2.05) is 26.0 Å². The molecule has 110 valence electrons. The number of allylic oxidation sites excluding steroid dienone is 2. The van der Waals surface area contributed by atoms with Crippen LogP contribution in [0.25, 0.3) is 0 Å². The smallest absolute Gasteiger partial charge is 0.307 e. The van der Waals surface area contributed by atoms with Crippen LogP contribution in [0.5, 0.6) is 0 Å². The first kappa shape index (κ1) is 14.7. The Balaban J connectivity index is 2.18. The molecular formula is C14H20N2O4. The number of hydrogen-bond donors (Lipinski definition) is 1. The summed E-state index contributed by atoms with van der Waals surface area (Å²) < 4.78 is 10.8. The number of carboxylic acids is 1. The maximum Gasteiger partial charge on any atom is 0.307 e. The van der Waals surface area contributed by atoms with Crippen molar-refractivity contribution in [1.29, 1.82) is 0 Å². The van der Waals surface area contributed by atoms with E-state index in [2.05, 4.69) is 10.1 Å². The van der Waals surface area contributed by atoms with Crippen LogP contribution < -0.4 is 0 Å². The first-order valence-corrected chi connectivity index (χ1v) is 7.00. The molecule has 6 nitrogen and oxygen atoms in total. The Bertz CT molecular complexity index is 483. The Kier molecular flexibility index (Phi) is 4.89.